The first-order valence-corrected chi connectivity index (χ1v) is 7.23. The molecule has 1 fully saturated rings. The van der Waals surface area contributed by atoms with Gasteiger partial charge in [-0.3, -0.25) is 0 Å². The summed E-state index contributed by atoms with van der Waals surface area (Å²) in [6.07, 6.45) is 3.35. The zero-order valence-corrected chi connectivity index (χ0v) is 12.6. The molecular formula is C17H19NO3. The van der Waals surface area contributed by atoms with Gasteiger partial charge in [0.1, 0.15) is 11.3 Å². The normalized spacial score (nSPS) is 14.8. The van der Waals surface area contributed by atoms with Crippen LogP contribution < -0.4 is 4.74 Å². The summed E-state index contributed by atoms with van der Waals surface area (Å²) in [6.45, 7) is 1.96. The molecule has 0 radical (unpaired) electrons. The van der Waals surface area contributed by atoms with Gasteiger partial charge in [0.05, 0.1) is 25.5 Å². The lowest BCUT2D eigenvalue weighted by atomic mass is 9.80. The number of aromatic nitrogens is 1. The molecule has 0 saturated heterocycles. The Morgan fingerprint density at radius 1 is 1.29 bits per heavy atom. The van der Waals surface area contributed by atoms with Crippen molar-refractivity contribution in [2.45, 2.75) is 32.1 Å². The second-order valence-electron chi connectivity index (χ2n) is 5.47. The van der Waals surface area contributed by atoms with Crippen LogP contribution in [0.5, 0.6) is 5.75 Å². The summed E-state index contributed by atoms with van der Waals surface area (Å²) in [5.74, 6) is 0.798. The third-order valence-corrected chi connectivity index (χ3v) is 4.37. The van der Waals surface area contributed by atoms with Crippen LogP contribution in [0.1, 0.15) is 46.8 Å². The minimum Gasteiger partial charge on any atom is -0.494 e. The zero-order chi connectivity index (χ0) is 15.0. The molecule has 3 rings (SSSR count). The summed E-state index contributed by atoms with van der Waals surface area (Å²) in [4.78, 5) is 17.0. The highest BCUT2D eigenvalue weighted by Crippen LogP contribution is 2.40. The molecular weight excluding hydrogens is 266 g/mol. The fourth-order valence-corrected chi connectivity index (χ4v) is 2.94. The molecule has 0 bridgehead atoms. The summed E-state index contributed by atoms with van der Waals surface area (Å²) in [5.41, 5.74) is 3.24. The predicted molar refractivity (Wildman–Crippen MR) is 81.0 cm³/mol. The van der Waals surface area contributed by atoms with E-state index in [1.807, 2.05) is 25.1 Å². The minimum absolute atomic E-state index is 0.299. The SMILES string of the molecule is COC(=O)c1c(C2CCC2)nc2c(OC)cccc2c1C. The van der Waals surface area contributed by atoms with Crippen LogP contribution in [0.3, 0.4) is 0 Å². The predicted octanol–water partition coefficient (Wildman–Crippen LogP) is 3.61. The molecule has 4 nitrogen and oxygen atoms in total. The van der Waals surface area contributed by atoms with E-state index in [1.165, 1.54) is 13.5 Å². The van der Waals surface area contributed by atoms with Gasteiger partial charge in [-0.05, 0) is 31.4 Å². The Hall–Kier alpha value is -2.10. The average molecular weight is 285 g/mol. The van der Waals surface area contributed by atoms with Crippen molar-refractivity contribution in [3.8, 4) is 5.75 Å². The summed E-state index contributed by atoms with van der Waals surface area (Å²) in [5, 5.41) is 0.942. The highest BCUT2D eigenvalue weighted by molar-refractivity contribution is 5.99. The van der Waals surface area contributed by atoms with Gasteiger partial charge in [0.2, 0.25) is 0 Å². The molecule has 110 valence electrons. The Balaban J connectivity index is 2.32. The van der Waals surface area contributed by atoms with Gasteiger partial charge in [0.15, 0.2) is 0 Å². The van der Waals surface area contributed by atoms with Crippen molar-refractivity contribution < 1.29 is 14.3 Å². The minimum atomic E-state index is -0.299. The van der Waals surface area contributed by atoms with Crippen LogP contribution in [-0.2, 0) is 4.74 Å². The first kappa shape index (κ1) is 13.9. The van der Waals surface area contributed by atoms with Crippen molar-refractivity contribution in [2.75, 3.05) is 14.2 Å². The van der Waals surface area contributed by atoms with Crippen molar-refractivity contribution in [3.05, 3.63) is 35.0 Å². The molecule has 0 amide bonds. The van der Waals surface area contributed by atoms with E-state index in [9.17, 15) is 4.79 Å². The van der Waals surface area contributed by atoms with E-state index in [0.717, 1.165) is 40.8 Å². The average Bonchev–Trinajstić information content (AvgIpc) is 2.44. The maximum atomic E-state index is 12.2. The molecule has 2 aromatic rings. The maximum Gasteiger partial charge on any atom is 0.340 e. The second-order valence-corrected chi connectivity index (χ2v) is 5.47. The Labute approximate surface area is 124 Å². The monoisotopic (exact) mass is 285 g/mol. The van der Waals surface area contributed by atoms with Crippen molar-refractivity contribution in [3.63, 3.8) is 0 Å². The number of aryl methyl sites for hydroxylation is 1. The molecule has 21 heavy (non-hydrogen) atoms. The lowest BCUT2D eigenvalue weighted by molar-refractivity contribution is 0.0596. The fourth-order valence-electron chi connectivity index (χ4n) is 2.94. The Bertz CT molecular complexity index is 705. The van der Waals surface area contributed by atoms with Crippen LogP contribution in [0.4, 0.5) is 0 Å². The van der Waals surface area contributed by atoms with E-state index in [2.05, 4.69) is 0 Å². The van der Waals surface area contributed by atoms with Gasteiger partial charge in [0, 0.05) is 11.3 Å². The third kappa shape index (κ3) is 2.15. The molecule has 0 atom stereocenters. The number of ether oxygens (including phenoxy) is 2. The van der Waals surface area contributed by atoms with Crippen LogP contribution in [0, 0.1) is 6.92 Å². The van der Waals surface area contributed by atoms with Gasteiger partial charge in [-0.25, -0.2) is 9.78 Å². The molecule has 0 spiro atoms. The number of rotatable bonds is 3. The summed E-state index contributed by atoms with van der Waals surface area (Å²) in [6, 6.07) is 5.79. The molecule has 0 unspecified atom stereocenters. The Morgan fingerprint density at radius 2 is 2.05 bits per heavy atom. The van der Waals surface area contributed by atoms with E-state index in [0.29, 0.717) is 11.5 Å². The summed E-state index contributed by atoms with van der Waals surface area (Å²) < 4.78 is 10.4. The van der Waals surface area contributed by atoms with Gasteiger partial charge in [-0.1, -0.05) is 18.6 Å². The molecule has 1 aromatic heterocycles. The third-order valence-electron chi connectivity index (χ3n) is 4.37. The summed E-state index contributed by atoms with van der Waals surface area (Å²) >= 11 is 0. The smallest absolute Gasteiger partial charge is 0.340 e. The molecule has 1 aromatic carbocycles. The number of para-hydroxylation sites is 1. The molecule has 1 saturated carbocycles. The van der Waals surface area contributed by atoms with Gasteiger partial charge >= 0.3 is 5.97 Å². The standard InChI is InChI=1S/C17H19NO3/c1-10-12-8-5-9-13(20-2)16(12)18-15(11-6-4-7-11)14(10)17(19)21-3/h5,8-9,11H,4,6-7H2,1-3H3. The molecule has 1 heterocycles. The molecule has 0 aliphatic heterocycles. The number of methoxy groups -OCH3 is 2. The number of esters is 1. The van der Waals surface area contributed by atoms with E-state index in [4.69, 9.17) is 14.5 Å². The van der Waals surface area contributed by atoms with Crippen LogP contribution in [0.25, 0.3) is 10.9 Å². The van der Waals surface area contributed by atoms with Gasteiger partial charge in [-0.15, -0.1) is 0 Å². The number of hydrogen-bond donors (Lipinski definition) is 0. The topological polar surface area (TPSA) is 48.4 Å². The Kier molecular flexibility index (Phi) is 3.53. The largest absolute Gasteiger partial charge is 0.494 e. The summed E-state index contributed by atoms with van der Waals surface area (Å²) in [7, 11) is 3.06. The number of nitrogens with zero attached hydrogens (tertiary/aromatic N) is 1. The van der Waals surface area contributed by atoms with Crippen molar-refractivity contribution in [1.29, 1.82) is 0 Å². The van der Waals surface area contributed by atoms with Gasteiger partial charge in [0.25, 0.3) is 0 Å². The number of hydrogen-bond acceptors (Lipinski definition) is 4. The van der Waals surface area contributed by atoms with E-state index in [1.54, 1.807) is 7.11 Å². The first-order valence-electron chi connectivity index (χ1n) is 7.23. The number of carbonyl (C=O) groups is 1. The van der Waals surface area contributed by atoms with Crippen molar-refractivity contribution in [1.82, 2.24) is 4.98 Å². The van der Waals surface area contributed by atoms with Crippen LogP contribution in [0.15, 0.2) is 18.2 Å². The van der Waals surface area contributed by atoms with E-state index < -0.39 is 0 Å². The van der Waals surface area contributed by atoms with Gasteiger partial charge in [-0.2, -0.15) is 0 Å². The first-order chi connectivity index (χ1) is 10.2. The van der Waals surface area contributed by atoms with Crippen molar-refractivity contribution in [2.24, 2.45) is 0 Å². The Morgan fingerprint density at radius 3 is 2.62 bits per heavy atom. The van der Waals surface area contributed by atoms with Crippen LogP contribution in [-0.4, -0.2) is 25.2 Å². The van der Waals surface area contributed by atoms with Crippen LogP contribution >= 0.6 is 0 Å². The van der Waals surface area contributed by atoms with Crippen molar-refractivity contribution >= 4 is 16.9 Å². The quantitative estimate of drug-likeness (QED) is 0.808. The number of carbonyl (C=O) groups excluding carboxylic acids is 1. The number of fused-ring (bicyclic) bond motifs is 1. The maximum absolute atomic E-state index is 12.2. The second kappa shape index (κ2) is 5.35. The van der Waals surface area contributed by atoms with E-state index in [-0.39, 0.29) is 5.97 Å². The number of benzene rings is 1. The highest BCUT2D eigenvalue weighted by Gasteiger charge is 2.29. The lowest BCUT2D eigenvalue weighted by Crippen LogP contribution is -2.18. The zero-order valence-electron chi connectivity index (χ0n) is 12.6. The molecule has 4 heteroatoms. The highest BCUT2D eigenvalue weighted by atomic mass is 16.5. The molecule has 1 aliphatic rings. The van der Waals surface area contributed by atoms with Gasteiger partial charge < -0.3 is 9.47 Å². The molecule has 0 N–H and O–H groups in total. The molecule has 1 aliphatic carbocycles. The van der Waals surface area contributed by atoms with E-state index >= 15 is 0 Å². The van der Waals surface area contributed by atoms with Crippen LogP contribution in [0.2, 0.25) is 0 Å². The fraction of sp³-hybridized carbons (Fsp3) is 0.412. The number of pyridine rings is 1. The lowest BCUT2D eigenvalue weighted by Gasteiger charge is -2.27.